The molecule has 3 saturated heterocycles. The monoisotopic (exact) mass is 1020 g/mol. The highest BCUT2D eigenvalue weighted by Crippen LogP contribution is 2.54. The number of halogens is 1. The van der Waals surface area contributed by atoms with E-state index in [1.807, 2.05) is 24.0 Å². The van der Waals surface area contributed by atoms with E-state index in [9.17, 15) is 28.4 Å². The van der Waals surface area contributed by atoms with Crippen molar-refractivity contribution in [1.82, 2.24) is 19.6 Å². The van der Waals surface area contributed by atoms with Gasteiger partial charge in [-0.3, -0.25) is 19.8 Å². The van der Waals surface area contributed by atoms with Crippen molar-refractivity contribution in [2.45, 2.75) is 107 Å². The second kappa shape index (κ2) is 19.4. The minimum absolute atomic E-state index is 0.0479. The van der Waals surface area contributed by atoms with E-state index >= 15 is 4.39 Å². The Balaban J connectivity index is 0.866. The molecule has 4 N–H and O–H groups in total. The number of pyridine rings is 1. The highest BCUT2D eigenvalue weighted by atomic mass is 32.2. The van der Waals surface area contributed by atoms with Crippen LogP contribution in [0.3, 0.4) is 0 Å². The smallest absolute Gasteiger partial charge is 0.293 e. The number of aromatic nitrogens is 2. The minimum Gasteiger partial charge on any atom is -0.390 e. The van der Waals surface area contributed by atoms with Gasteiger partial charge in [-0.15, -0.1) is 0 Å². The topological polar surface area (TPSA) is 199 Å². The molecule has 1 spiro atoms. The Morgan fingerprint density at radius 3 is 2.48 bits per heavy atom. The first-order chi connectivity index (χ1) is 35.1. The van der Waals surface area contributed by atoms with Gasteiger partial charge in [0, 0.05) is 63.3 Å². The molecule has 0 radical (unpaired) electrons. The zero-order valence-corrected chi connectivity index (χ0v) is 42.6. The molecule has 6 heterocycles. The lowest BCUT2D eigenvalue weighted by Crippen LogP contribution is -2.58. The van der Waals surface area contributed by atoms with Gasteiger partial charge in [0.05, 0.1) is 76.3 Å². The summed E-state index contributed by atoms with van der Waals surface area (Å²) in [6.45, 7) is 12.4. The van der Waals surface area contributed by atoms with Gasteiger partial charge in [0.1, 0.15) is 17.2 Å². The fourth-order valence-electron chi connectivity index (χ4n) is 12.6. The van der Waals surface area contributed by atoms with E-state index in [2.05, 4.69) is 67.8 Å². The summed E-state index contributed by atoms with van der Waals surface area (Å²) in [6.07, 6.45) is 8.25. The Kier molecular flexibility index (Phi) is 13.1. The van der Waals surface area contributed by atoms with Gasteiger partial charge in [-0.2, -0.15) is 0 Å². The molecule has 5 fully saturated rings. The maximum absolute atomic E-state index is 15.3. The molecule has 388 valence electrons. The Morgan fingerprint density at radius 1 is 0.959 bits per heavy atom. The number of fused-ring (bicyclic) bond motifs is 4. The molecule has 19 heteroatoms. The predicted molar refractivity (Wildman–Crippen MR) is 278 cm³/mol. The third kappa shape index (κ3) is 9.62. The van der Waals surface area contributed by atoms with Crippen LogP contribution >= 0.6 is 0 Å². The number of aromatic amines is 1. The second-order valence-electron chi connectivity index (χ2n) is 22.0. The second-order valence-corrected chi connectivity index (χ2v) is 23.6. The number of H-pyrrole nitrogens is 1. The number of carbonyl (C=O) groups is 1. The third-order valence-electron chi connectivity index (χ3n) is 16.9. The molecule has 5 aromatic rings. The van der Waals surface area contributed by atoms with Gasteiger partial charge in [-0.25, -0.2) is 22.5 Å². The van der Waals surface area contributed by atoms with Crippen LogP contribution in [-0.4, -0.2) is 123 Å². The number of nitrogens with one attached hydrogen (secondary N) is 3. The number of amides is 1. The van der Waals surface area contributed by atoms with E-state index in [1.165, 1.54) is 29.5 Å². The number of ether oxygens (including phenoxy) is 2. The number of nitro groups is 1. The van der Waals surface area contributed by atoms with Gasteiger partial charge in [0.25, 0.3) is 21.6 Å². The maximum atomic E-state index is 15.3. The maximum Gasteiger partial charge on any atom is 0.293 e. The Hall–Kier alpha value is -5.86. The molecule has 2 aliphatic carbocycles. The van der Waals surface area contributed by atoms with Crippen molar-refractivity contribution in [3.8, 4) is 0 Å². The zero-order chi connectivity index (χ0) is 50.8. The van der Waals surface area contributed by atoms with Gasteiger partial charge in [0.2, 0.25) is 0 Å². The summed E-state index contributed by atoms with van der Waals surface area (Å²) in [6, 6.07) is 20.0. The fraction of sp³-hybridized carbons (Fsp3) is 0.519. The van der Waals surface area contributed by atoms with Crippen molar-refractivity contribution >= 4 is 61.2 Å². The highest BCUT2D eigenvalue weighted by molar-refractivity contribution is 7.90. The molecule has 4 aliphatic heterocycles. The van der Waals surface area contributed by atoms with Gasteiger partial charge >= 0.3 is 0 Å². The number of hydrogen-bond donors (Lipinski definition) is 4. The van der Waals surface area contributed by atoms with E-state index in [0.717, 1.165) is 76.5 Å². The van der Waals surface area contributed by atoms with E-state index < -0.39 is 42.9 Å². The fourth-order valence-corrected chi connectivity index (χ4v) is 13.6. The van der Waals surface area contributed by atoms with E-state index in [0.29, 0.717) is 87.1 Å². The normalized spacial score (nSPS) is 24.6. The van der Waals surface area contributed by atoms with Gasteiger partial charge in [0.15, 0.2) is 5.82 Å². The van der Waals surface area contributed by atoms with Crippen LogP contribution in [0.15, 0.2) is 77.8 Å². The Labute approximate surface area is 425 Å². The van der Waals surface area contributed by atoms with Gasteiger partial charge in [-0.05, 0) is 123 Å². The van der Waals surface area contributed by atoms with E-state index in [1.54, 1.807) is 12.1 Å². The lowest BCUT2D eigenvalue weighted by Gasteiger charge is -2.57. The molecule has 0 unspecified atom stereocenters. The van der Waals surface area contributed by atoms with Crippen molar-refractivity contribution in [3.05, 3.63) is 106 Å². The molecular formula is C54H66FN9O8S. The summed E-state index contributed by atoms with van der Waals surface area (Å²) in [5.74, 6) is -0.219. The quantitative estimate of drug-likeness (QED) is 0.0686. The average molecular weight is 1020 g/mol. The molecule has 17 nitrogen and oxygen atoms in total. The summed E-state index contributed by atoms with van der Waals surface area (Å²) in [4.78, 5) is 42.9. The standard InChI is InChI=1S/C54H66FN9O8S/c1-34(2)40-6-4-5-7-41(40)49-33-72-22-20-61(49)37-27-54(28-37)16-18-60(19-17-54)36-8-10-42(46(24-36)63-31-38-32-71-23-21-62(38)51-48(63)26-43-44(55)30-57-50(43)58-51)52(65)59-73(69,70)39-9-11-45(47(25-39)64(67)68)56-29-35-12-14-53(3,66)15-13-35/h4-11,24-26,30,34-35,37-38,49,56,66H,12-23,27-29,31-33H2,1-3H3,(H,57,58)(H,59,65)/t35-,38-,49+,53-/m1/s1. The van der Waals surface area contributed by atoms with Crippen molar-refractivity contribution in [3.63, 3.8) is 0 Å². The third-order valence-corrected chi connectivity index (χ3v) is 18.2. The summed E-state index contributed by atoms with van der Waals surface area (Å²) in [5.41, 5.74) is 4.21. The van der Waals surface area contributed by atoms with E-state index in [4.69, 9.17) is 14.5 Å². The molecule has 2 saturated carbocycles. The van der Waals surface area contributed by atoms with Crippen LogP contribution in [-0.2, 0) is 19.5 Å². The molecular weight excluding hydrogens is 954 g/mol. The largest absolute Gasteiger partial charge is 0.390 e. The number of nitrogens with zero attached hydrogens (tertiary/aromatic N) is 6. The van der Waals surface area contributed by atoms with Crippen LogP contribution in [0.4, 0.5) is 38.6 Å². The number of aliphatic hydroxyl groups is 1. The van der Waals surface area contributed by atoms with Crippen LogP contribution in [0.1, 0.15) is 106 Å². The number of piperidine rings is 1. The van der Waals surface area contributed by atoms with Crippen LogP contribution in [0.2, 0.25) is 0 Å². The molecule has 2 aromatic heterocycles. The minimum atomic E-state index is -4.65. The number of morpholine rings is 2. The summed E-state index contributed by atoms with van der Waals surface area (Å²) < 4.78 is 57.9. The lowest BCUT2D eigenvalue weighted by molar-refractivity contribution is -0.384. The summed E-state index contributed by atoms with van der Waals surface area (Å²) in [5, 5.41) is 26.2. The van der Waals surface area contributed by atoms with Gasteiger partial charge in [-0.1, -0.05) is 38.1 Å². The van der Waals surface area contributed by atoms with Crippen LogP contribution in [0.5, 0.6) is 0 Å². The first kappa shape index (κ1) is 49.4. The van der Waals surface area contributed by atoms with Crippen molar-refractivity contribution in [2.75, 3.05) is 85.7 Å². The predicted octanol–water partition coefficient (Wildman–Crippen LogP) is 8.38. The summed E-state index contributed by atoms with van der Waals surface area (Å²) >= 11 is 0. The van der Waals surface area contributed by atoms with Crippen molar-refractivity contribution < 1.29 is 37.1 Å². The number of rotatable bonds is 12. The van der Waals surface area contributed by atoms with Crippen LogP contribution in [0.25, 0.3) is 11.0 Å². The molecule has 73 heavy (non-hydrogen) atoms. The van der Waals surface area contributed by atoms with Crippen LogP contribution < -0.4 is 24.7 Å². The molecule has 6 aliphatic rings. The number of hydrogen-bond acceptors (Lipinski definition) is 14. The van der Waals surface area contributed by atoms with Crippen molar-refractivity contribution in [2.24, 2.45) is 11.3 Å². The van der Waals surface area contributed by atoms with Crippen LogP contribution in [0, 0.1) is 27.3 Å². The number of anilines is 5. The Bertz CT molecular complexity index is 3010. The molecule has 2 atom stereocenters. The number of sulfonamides is 1. The highest BCUT2D eigenvalue weighted by Gasteiger charge is 2.50. The lowest BCUT2D eigenvalue weighted by atomic mass is 9.59. The average Bonchev–Trinajstić information content (AvgIpc) is 3.75. The first-order valence-electron chi connectivity index (χ1n) is 26.0. The SMILES string of the molecule is CC(C)c1ccccc1[C@@H]1COCCN1C1CC2(CCN(c3ccc(C(=O)NS(=O)(=O)c4ccc(NC[C@H]5CC[C@](C)(O)CC5)c([N+](=O)[O-])c4)c(N4C[C@@H]5COCCN5c5nc6[nH]cc(F)c6cc54)c3)CC2)C1. The molecule has 0 bridgehead atoms. The molecule has 11 rings (SSSR count). The number of carbonyl (C=O) groups excluding carboxylic acids is 1. The molecule has 1 amide bonds. The number of benzene rings is 3. The zero-order valence-electron chi connectivity index (χ0n) is 41.8. The summed E-state index contributed by atoms with van der Waals surface area (Å²) in [7, 11) is -4.65. The Morgan fingerprint density at radius 2 is 1.71 bits per heavy atom. The number of nitro benzene ring substituents is 1. The van der Waals surface area contributed by atoms with Gasteiger partial charge < -0.3 is 39.6 Å². The van der Waals surface area contributed by atoms with Crippen molar-refractivity contribution in [1.29, 1.82) is 0 Å². The first-order valence-corrected chi connectivity index (χ1v) is 27.5. The van der Waals surface area contributed by atoms with E-state index in [-0.39, 0.29) is 40.1 Å². The molecule has 3 aromatic carbocycles.